The standard InChI is InChI=1S/C23H25N7O2/c1-31-11-12-32-18-8-10-27-22(14-18)28-21-7-5-19(24)23(29-21)30(25)15-16-4-6-20-17(13-16)3-2-9-26-20/h2-10,13-14H,11-12,15,24-25H2,1H3,(H,27,28,29). The van der Waals surface area contributed by atoms with Gasteiger partial charge in [-0.05, 0) is 42.0 Å². The van der Waals surface area contributed by atoms with Crippen molar-refractivity contribution in [3.05, 3.63) is 72.6 Å². The Morgan fingerprint density at radius 2 is 1.88 bits per heavy atom. The molecule has 0 amide bonds. The Morgan fingerprint density at radius 1 is 0.969 bits per heavy atom. The molecule has 0 aliphatic carbocycles. The lowest BCUT2D eigenvalue weighted by molar-refractivity contribution is 0.146. The van der Waals surface area contributed by atoms with E-state index in [-0.39, 0.29) is 0 Å². The fraction of sp³-hybridized carbons (Fsp3) is 0.174. The molecule has 0 radical (unpaired) electrons. The first-order valence-electron chi connectivity index (χ1n) is 10.1. The summed E-state index contributed by atoms with van der Waals surface area (Å²) in [6.45, 7) is 1.40. The van der Waals surface area contributed by atoms with Gasteiger partial charge in [0.2, 0.25) is 0 Å². The van der Waals surface area contributed by atoms with E-state index in [9.17, 15) is 0 Å². The van der Waals surface area contributed by atoms with Crippen LogP contribution >= 0.6 is 0 Å². The van der Waals surface area contributed by atoms with Crippen LogP contribution in [-0.4, -0.2) is 35.3 Å². The lowest BCUT2D eigenvalue weighted by Gasteiger charge is -2.20. The summed E-state index contributed by atoms with van der Waals surface area (Å²) in [7, 11) is 1.63. The quantitative estimate of drug-likeness (QED) is 0.208. The summed E-state index contributed by atoms with van der Waals surface area (Å²) < 4.78 is 10.6. The Kier molecular flexibility index (Phi) is 6.59. The highest BCUT2D eigenvalue weighted by Gasteiger charge is 2.11. The van der Waals surface area contributed by atoms with E-state index in [1.807, 2.05) is 24.3 Å². The molecule has 3 heterocycles. The zero-order chi connectivity index (χ0) is 22.3. The van der Waals surface area contributed by atoms with Crippen molar-refractivity contribution < 1.29 is 9.47 Å². The number of hydrogen-bond donors (Lipinski definition) is 3. The summed E-state index contributed by atoms with van der Waals surface area (Å²) in [5.41, 5.74) is 8.59. The minimum absolute atomic E-state index is 0.437. The Morgan fingerprint density at radius 3 is 2.75 bits per heavy atom. The van der Waals surface area contributed by atoms with Crippen LogP contribution in [0.2, 0.25) is 0 Å². The fourth-order valence-corrected chi connectivity index (χ4v) is 3.20. The molecule has 4 rings (SSSR count). The molecule has 9 heteroatoms. The van der Waals surface area contributed by atoms with Crippen molar-refractivity contribution in [3.8, 4) is 5.75 Å². The van der Waals surface area contributed by atoms with Crippen LogP contribution in [0.3, 0.4) is 0 Å². The van der Waals surface area contributed by atoms with Gasteiger partial charge in [0.25, 0.3) is 0 Å². The molecule has 0 fully saturated rings. The Balaban J connectivity index is 1.48. The average Bonchev–Trinajstić information content (AvgIpc) is 2.81. The Labute approximate surface area is 186 Å². The lowest BCUT2D eigenvalue weighted by Crippen LogP contribution is -2.31. The second-order valence-corrected chi connectivity index (χ2v) is 7.11. The normalized spacial score (nSPS) is 10.8. The highest BCUT2D eigenvalue weighted by Crippen LogP contribution is 2.25. The molecule has 9 nitrogen and oxygen atoms in total. The molecule has 0 atom stereocenters. The SMILES string of the molecule is COCCOc1ccnc(Nc2ccc(N)c(N(N)Cc3ccc4ncccc4c3)n2)c1. The number of benzene rings is 1. The van der Waals surface area contributed by atoms with Crippen LogP contribution < -0.4 is 26.6 Å². The smallest absolute Gasteiger partial charge is 0.168 e. The number of aromatic nitrogens is 3. The van der Waals surface area contributed by atoms with E-state index in [4.69, 9.17) is 21.1 Å². The summed E-state index contributed by atoms with van der Waals surface area (Å²) in [6.07, 6.45) is 3.43. The van der Waals surface area contributed by atoms with Gasteiger partial charge in [0, 0.05) is 31.0 Å². The maximum Gasteiger partial charge on any atom is 0.168 e. The lowest BCUT2D eigenvalue weighted by atomic mass is 10.1. The molecule has 0 bridgehead atoms. The predicted octanol–water partition coefficient (Wildman–Crippen LogP) is 3.26. The number of anilines is 4. The Hall–Kier alpha value is -3.95. The second-order valence-electron chi connectivity index (χ2n) is 7.11. The van der Waals surface area contributed by atoms with Gasteiger partial charge in [-0.3, -0.25) is 9.99 Å². The van der Waals surface area contributed by atoms with Crippen molar-refractivity contribution in [2.45, 2.75) is 6.54 Å². The number of pyridine rings is 3. The van der Waals surface area contributed by atoms with Crippen LogP contribution in [0, 0.1) is 0 Å². The topological polar surface area (TPSA) is 124 Å². The van der Waals surface area contributed by atoms with E-state index in [1.165, 1.54) is 5.01 Å². The molecule has 1 aromatic carbocycles. The van der Waals surface area contributed by atoms with E-state index in [0.717, 1.165) is 16.5 Å². The number of nitrogen functional groups attached to an aromatic ring is 1. The molecule has 164 valence electrons. The summed E-state index contributed by atoms with van der Waals surface area (Å²) in [4.78, 5) is 13.2. The van der Waals surface area contributed by atoms with Gasteiger partial charge in [0.15, 0.2) is 5.82 Å². The van der Waals surface area contributed by atoms with Crippen molar-refractivity contribution in [1.82, 2.24) is 15.0 Å². The molecule has 0 aliphatic rings. The zero-order valence-electron chi connectivity index (χ0n) is 17.7. The number of rotatable bonds is 9. The summed E-state index contributed by atoms with van der Waals surface area (Å²) in [5, 5.41) is 5.74. The van der Waals surface area contributed by atoms with Gasteiger partial charge in [-0.25, -0.2) is 15.8 Å². The number of nitrogens with zero attached hydrogens (tertiary/aromatic N) is 4. The molecule has 5 N–H and O–H groups in total. The number of hydrogen-bond acceptors (Lipinski definition) is 9. The largest absolute Gasteiger partial charge is 0.491 e. The van der Waals surface area contributed by atoms with Gasteiger partial charge >= 0.3 is 0 Å². The van der Waals surface area contributed by atoms with Gasteiger partial charge in [-0.1, -0.05) is 12.1 Å². The average molecular weight is 432 g/mol. The monoisotopic (exact) mass is 431 g/mol. The molecular formula is C23H25N7O2. The maximum atomic E-state index is 6.33. The van der Waals surface area contributed by atoms with E-state index in [1.54, 1.807) is 43.8 Å². The maximum absolute atomic E-state index is 6.33. The fourth-order valence-electron chi connectivity index (χ4n) is 3.20. The van der Waals surface area contributed by atoms with Crippen molar-refractivity contribution >= 4 is 34.0 Å². The highest BCUT2D eigenvalue weighted by molar-refractivity contribution is 5.79. The number of nitrogens with two attached hydrogens (primary N) is 2. The van der Waals surface area contributed by atoms with Crippen LogP contribution in [-0.2, 0) is 11.3 Å². The highest BCUT2D eigenvalue weighted by atomic mass is 16.5. The van der Waals surface area contributed by atoms with Gasteiger partial charge in [-0.2, -0.15) is 0 Å². The molecule has 0 spiro atoms. The molecule has 3 aromatic heterocycles. The van der Waals surface area contributed by atoms with E-state index >= 15 is 0 Å². The van der Waals surface area contributed by atoms with E-state index in [2.05, 4.69) is 26.3 Å². The zero-order valence-corrected chi connectivity index (χ0v) is 17.7. The third-order valence-corrected chi connectivity index (χ3v) is 4.74. The van der Waals surface area contributed by atoms with Crippen LogP contribution in [0.1, 0.15) is 5.56 Å². The van der Waals surface area contributed by atoms with Crippen LogP contribution in [0.15, 0.2) is 67.0 Å². The van der Waals surface area contributed by atoms with E-state index in [0.29, 0.717) is 48.6 Å². The third kappa shape index (κ3) is 5.20. The molecular weight excluding hydrogens is 406 g/mol. The molecule has 0 saturated carbocycles. The van der Waals surface area contributed by atoms with Crippen molar-refractivity contribution in [2.24, 2.45) is 5.84 Å². The first-order chi connectivity index (χ1) is 15.6. The van der Waals surface area contributed by atoms with Crippen LogP contribution in [0.5, 0.6) is 5.75 Å². The first kappa shape index (κ1) is 21.3. The number of methoxy groups -OCH3 is 1. The number of fused-ring (bicyclic) bond motifs is 1. The van der Waals surface area contributed by atoms with Crippen molar-refractivity contribution in [1.29, 1.82) is 0 Å². The van der Waals surface area contributed by atoms with Gasteiger partial charge < -0.3 is 20.5 Å². The minimum Gasteiger partial charge on any atom is -0.491 e. The van der Waals surface area contributed by atoms with Gasteiger partial charge in [-0.15, -0.1) is 0 Å². The van der Waals surface area contributed by atoms with Crippen LogP contribution in [0.4, 0.5) is 23.1 Å². The first-order valence-corrected chi connectivity index (χ1v) is 10.1. The molecule has 0 saturated heterocycles. The molecule has 32 heavy (non-hydrogen) atoms. The van der Waals surface area contributed by atoms with Crippen molar-refractivity contribution in [2.75, 3.05) is 36.4 Å². The van der Waals surface area contributed by atoms with Gasteiger partial charge in [0.05, 0.1) is 24.4 Å². The third-order valence-electron chi connectivity index (χ3n) is 4.74. The van der Waals surface area contributed by atoms with Gasteiger partial charge in [0.1, 0.15) is 24.0 Å². The van der Waals surface area contributed by atoms with Crippen molar-refractivity contribution in [3.63, 3.8) is 0 Å². The second kappa shape index (κ2) is 9.90. The number of ether oxygens (including phenoxy) is 2. The number of hydrazine groups is 1. The summed E-state index contributed by atoms with van der Waals surface area (Å²) in [5.74, 6) is 8.63. The predicted molar refractivity (Wildman–Crippen MR) is 126 cm³/mol. The Bertz CT molecular complexity index is 1200. The van der Waals surface area contributed by atoms with E-state index < -0.39 is 0 Å². The summed E-state index contributed by atoms with van der Waals surface area (Å²) >= 11 is 0. The number of nitrogens with one attached hydrogen (secondary N) is 1. The molecule has 0 aliphatic heterocycles. The van der Waals surface area contributed by atoms with Crippen LogP contribution in [0.25, 0.3) is 10.9 Å². The summed E-state index contributed by atoms with van der Waals surface area (Å²) in [6, 6.07) is 17.0. The minimum atomic E-state index is 0.437. The molecule has 4 aromatic rings. The molecule has 0 unspecified atom stereocenters.